The molecule has 0 saturated carbocycles. The van der Waals surface area contributed by atoms with Crippen LogP contribution in [0.25, 0.3) is 0 Å². The van der Waals surface area contributed by atoms with Crippen LogP contribution in [0.4, 0.5) is 9.18 Å². The average molecular weight is 302 g/mol. The fraction of sp³-hybridized carbons (Fsp3) is 0.235. The first-order valence-electron chi connectivity index (χ1n) is 7.16. The summed E-state index contributed by atoms with van der Waals surface area (Å²) in [7, 11) is 0. The maximum Gasteiger partial charge on any atom is 0.315 e. The fourth-order valence-corrected chi connectivity index (χ4v) is 1.97. The zero-order valence-electron chi connectivity index (χ0n) is 12.4. The predicted molar refractivity (Wildman–Crippen MR) is 83.1 cm³/mol. The molecule has 116 valence electrons. The van der Waals surface area contributed by atoms with Crippen molar-refractivity contribution < 1.29 is 13.9 Å². The molecule has 0 spiro atoms. The smallest absolute Gasteiger partial charge is 0.315 e. The van der Waals surface area contributed by atoms with E-state index in [1.165, 1.54) is 6.07 Å². The van der Waals surface area contributed by atoms with E-state index in [4.69, 9.17) is 4.74 Å². The van der Waals surface area contributed by atoms with Gasteiger partial charge in [-0.3, -0.25) is 0 Å². The number of hydrogen-bond acceptors (Lipinski definition) is 2. The molecule has 0 unspecified atom stereocenters. The molecule has 0 aliphatic carbocycles. The van der Waals surface area contributed by atoms with Gasteiger partial charge in [-0.25, -0.2) is 9.18 Å². The minimum absolute atomic E-state index is 0.150. The second-order valence-electron chi connectivity index (χ2n) is 4.71. The zero-order valence-corrected chi connectivity index (χ0v) is 12.4. The molecular formula is C17H19FN2O2. The molecule has 0 bridgehead atoms. The Morgan fingerprint density at radius 3 is 2.64 bits per heavy atom. The molecule has 0 aromatic heterocycles. The summed E-state index contributed by atoms with van der Waals surface area (Å²) < 4.78 is 18.8. The van der Waals surface area contributed by atoms with Crippen molar-refractivity contribution in [2.75, 3.05) is 6.61 Å². The fourth-order valence-electron chi connectivity index (χ4n) is 1.97. The zero-order chi connectivity index (χ0) is 15.8. The molecule has 22 heavy (non-hydrogen) atoms. The monoisotopic (exact) mass is 302 g/mol. The van der Waals surface area contributed by atoms with E-state index < -0.39 is 0 Å². The highest BCUT2D eigenvalue weighted by Crippen LogP contribution is 2.13. The number of halogens is 1. The van der Waals surface area contributed by atoms with Crippen molar-refractivity contribution in [3.05, 3.63) is 65.5 Å². The topological polar surface area (TPSA) is 50.4 Å². The summed E-state index contributed by atoms with van der Waals surface area (Å²) in [4.78, 5) is 11.7. The van der Waals surface area contributed by atoms with Crippen LogP contribution in [0.5, 0.6) is 5.75 Å². The van der Waals surface area contributed by atoms with E-state index in [0.29, 0.717) is 18.7 Å². The molecule has 0 fully saturated rings. The van der Waals surface area contributed by atoms with E-state index in [-0.39, 0.29) is 18.4 Å². The van der Waals surface area contributed by atoms with Crippen LogP contribution in [0, 0.1) is 5.82 Å². The number of amides is 2. The third kappa shape index (κ3) is 4.77. The van der Waals surface area contributed by atoms with E-state index in [0.717, 1.165) is 11.3 Å². The van der Waals surface area contributed by atoms with E-state index in [2.05, 4.69) is 10.6 Å². The van der Waals surface area contributed by atoms with Gasteiger partial charge < -0.3 is 15.4 Å². The summed E-state index contributed by atoms with van der Waals surface area (Å²) >= 11 is 0. The molecule has 2 rings (SSSR count). The average Bonchev–Trinajstić information content (AvgIpc) is 2.53. The lowest BCUT2D eigenvalue weighted by Crippen LogP contribution is -2.34. The van der Waals surface area contributed by atoms with Crippen LogP contribution in [-0.2, 0) is 13.1 Å². The Labute approximate surface area is 129 Å². The summed E-state index contributed by atoms with van der Waals surface area (Å²) in [6.45, 7) is 3.04. The number of hydrogen-bond donors (Lipinski definition) is 2. The molecule has 0 heterocycles. The molecule has 0 aliphatic rings. The second kappa shape index (κ2) is 8.02. The van der Waals surface area contributed by atoms with Gasteiger partial charge in [0.2, 0.25) is 0 Å². The molecule has 4 nitrogen and oxygen atoms in total. The maximum atomic E-state index is 13.4. The van der Waals surface area contributed by atoms with Crippen molar-refractivity contribution in [2.24, 2.45) is 0 Å². The molecule has 2 aromatic carbocycles. The highest BCUT2D eigenvalue weighted by Gasteiger charge is 2.04. The molecular weight excluding hydrogens is 283 g/mol. The van der Waals surface area contributed by atoms with Crippen molar-refractivity contribution in [1.82, 2.24) is 10.6 Å². The van der Waals surface area contributed by atoms with E-state index >= 15 is 0 Å². The van der Waals surface area contributed by atoms with Gasteiger partial charge >= 0.3 is 6.03 Å². The minimum atomic E-state index is -0.343. The van der Waals surface area contributed by atoms with Gasteiger partial charge in [0.15, 0.2) is 0 Å². The number of benzene rings is 2. The highest BCUT2D eigenvalue weighted by molar-refractivity contribution is 5.73. The summed E-state index contributed by atoms with van der Waals surface area (Å²) in [5.41, 5.74) is 1.39. The summed E-state index contributed by atoms with van der Waals surface area (Å²) in [5.74, 6) is 0.445. The SMILES string of the molecule is CCOc1cccc(CNC(=O)NCc2ccccc2F)c1. The van der Waals surface area contributed by atoms with Crippen LogP contribution in [-0.4, -0.2) is 12.6 Å². The molecule has 2 N–H and O–H groups in total. The largest absolute Gasteiger partial charge is 0.494 e. The van der Waals surface area contributed by atoms with E-state index in [1.54, 1.807) is 18.2 Å². The predicted octanol–water partition coefficient (Wildman–Crippen LogP) is 3.22. The van der Waals surface area contributed by atoms with Crippen molar-refractivity contribution in [1.29, 1.82) is 0 Å². The second-order valence-corrected chi connectivity index (χ2v) is 4.71. The number of rotatable bonds is 6. The number of carbonyl (C=O) groups is 1. The van der Waals surface area contributed by atoms with Crippen molar-refractivity contribution in [3.8, 4) is 5.75 Å². The maximum absolute atomic E-state index is 13.4. The van der Waals surface area contributed by atoms with Crippen LogP contribution in [0.1, 0.15) is 18.1 Å². The van der Waals surface area contributed by atoms with Gasteiger partial charge in [0.1, 0.15) is 11.6 Å². The first kappa shape index (κ1) is 15.8. The Bertz CT molecular complexity index is 632. The van der Waals surface area contributed by atoms with Crippen molar-refractivity contribution in [2.45, 2.75) is 20.0 Å². The first-order chi connectivity index (χ1) is 10.7. The molecule has 2 amide bonds. The Kier molecular flexibility index (Phi) is 5.77. The molecule has 5 heteroatoms. The van der Waals surface area contributed by atoms with Gasteiger partial charge in [0.25, 0.3) is 0 Å². The van der Waals surface area contributed by atoms with Gasteiger partial charge in [0.05, 0.1) is 6.61 Å². The van der Waals surface area contributed by atoms with Crippen LogP contribution < -0.4 is 15.4 Å². The van der Waals surface area contributed by atoms with Gasteiger partial charge in [0, 0.05) is 18.7 Å². The van der Waals surface area contributed by atoms with Crippen molar-refractivity contribution in [3.63, 3.8) is 0 Å². The Hall–Kier alpha value is -2.56. The summed E-state index contributed by atoms with van der Waals surface area (Å²) in [6, 6.07) is 13.5. The number of urea groups is 1. The number of carbonyl (C=O) groups excluding carboxylic acids is 1. The van der Waals surface area contributed by atoms with Crippen molar-refractivity contribution >= 4 is 6.03 Å². The Morgan fingerprint density at radius 1 is 1.09 bits per heavy atom. The normalized spacial score (nSPS) is 10.1. The third-order valence-corrected chi connectivity index (χ3v) is 3.06. The van der Waals surface area contributed by atoms with Gasteiger partial charge in [-0.15, -0.1) is 0 Å². The molecule has 2 aromatic rings. The third-order valence-electron chi connectivity index (χ3n) is 3.06. The molecule has 0 saturated heterocycles. The summed E-state index contributed by atoms with van der Waals surface area (Å²) in [6.07, 6.45) is 0. The molecule has 0 aliphatic heterocycles. The van der Waals surface area contributed by atoms with Crippen LogP contribution in [0.15, 0.2) is 48.5 Å². The lowest BCUT2D eigenvalue weighted by molar-refractivity contribution is 0.240. The minimum Gasteiger partial charge on any atom is -0.494 e. The Morgan fingerprint density at radius 2 is 1.86 bits per heavy atom. The number of nitrogens with one attached hydrogen (secondary N) is 2. The van der Waals surface area contributed by atoms with Crippen LogP contribution >= 0.6 is 0 Å². The van der Waals surface area contributed by atoms with Gasteiger partial charge in [-0.1, -0.05) is 30.3 Å². The molecule has 0 radical (unpaired) electrons. The Balaban J connectivity index is 1.80. The standard InChI is InChI=1S/C17H19FN2O2/c1-2-22-15-8-5-6-13(10-15)11-19-17(21)20-12-14-7-3-4-9-16(14)18/h3-10H,2,11-12H2,1H3,(H2,19,20,21). The van der Waals surface area contributed by atoms with Gasteiger partial charge in [-0.2, -0.15) is 0 Å². The first-order valence-corrected chi connectivity index (χ1v) is 7.16. The van der Waals surface area contributed by atoms with Crippen LogP contribution in [0.2, 0.25) is 0 Å². The lowest BCUT2D eigenvalue weighted by Gasteiger charge is -2.09. The van der Waals surface area contributed by atoms with E-state index in [1.807, 2.05) is 31.2 Å². The van der Waals surface area contributed by atoms with Crippen LogP contribution in [0.3, 0.4) is 0 Å². The number of ether oxygens (including phenoxy) is 1. The lowest BCUT2D eigenvalue weighted by atomic mass is 10.2. The van der Waals surface area contributed by atoms with E-state index in [9.17, 15) is 9.18 Å². The van der Waals surface area contributed by atoms with Gasteiger partial charge in [-0.05, 0) is 30.7 Å². The quantitative estimate of drug-likeness (QED) is 0.861. The summed E-state index contributed by atoms with van der Waals surface area (Å²) in [5, 5.41) is 5.36. The molecule has 0 atom stereocenters. The highest BCUT2D eigenvalue weighted by atomic mass is 19.1.